The first-order valence-electron chi connectivity index (χ1n) is 6.96. The molecule has 120 valence electrons. The molecular weight excluding hydrogens is 297 g/mol. The van der Waals surface area contributed by atoms with Crippen molar-refractivity contribution in [2.75, 3.05) is 6.54 Å². The van der Waals surface area contributed by atoms with E-state index in [1.54, 1.807) is 4.90 Å². The predicted octanol–water partition coefficient (Wildman–Crippen LogP) is 2.44. The first kappa shape index (κ1) is 16.3. The Labute approximate surface area is 126 Å². The minimum atomic E-state index is -4.43. The van der Waals surface area contributed by atoms with Crippen LogP contribution in [0.25, 0.3) is 0 Å². The summed E-state index contributed by atoms with van der Waals surface area (Å²) in [5.74, 6) is -0.509. The Hall–Kier alpha value is -2.05. The molecule has 1 aliphatic heterocycles. The Morgan fingerprint density at radius 1 is 1.27 bits per heavy atom. The van der Waals surface area contributed by atoms with Crippen LogP contribution in [-0.4, -0.2) is 35.3 Å². The number of benzene rings is 1. The van der Waals surface area contributed by atoms with Gasteiger partial charge in [-0.15, -0.1) is 0 Å². The summed E-state index contributed by atoms with van der Waals surface area (Å²) in [6, 6.07) is 3.75. The maximum absolute atomic E-state index is 12.5. The van der Waals surface area contributed by atoms with Crippen molar-refractivity contribution in [1.29, 1.82) is 0 Å². The predicted molar refractivity (Wildman–Crippen MR) is 74.2 cm³/mol. The summed E-state index contributed by atoms with van der Waals surface area (Å²) in [4.78, 5) is 25.4. The topological polar surface area (TPSA) is 49.4 Å². The lowest BCUT2D eigenvalue weighted by Gasteiger charge is -2.21. The summed E-state index contributed by atoms with van der Waals surface area (Å²) in [6.07, 6.45) is -4.21. The molecule has 0 bridgehead atoms. The van der Waals surface area contributed by atoms with E-state index in [-0.39, 0.29) is 30.0 Å². The molecule has 0 saturated carbocycles. The van der Waals surface area contributed by atoms with Crippen molar-refractivity contribution in [1.82, 2.24) is 10.2 Å². The van der Waals surface area contributed by atoms with E-state index < -0.39 is 17.6 Å². The largest absolute Gasteiger partial charge is 0.416 e. The Balaban J connectivity index is 2.00. The number of hydrogen-bond donors (Lipinski definition) is 1. The minimum absolute atomic E-state index is 0.0345. The summed E-state index contributed by atoms with van der Waals surface area (Å²) < 4.78 is 37.4. The fraction of sp³-hybridized carbons (Fsp3) is 0.467. The van der Waals surface area contributed by atoms with Gasteiger partial charge < -0.3 is 10.2 Å². The Morgan fingerprint density at radius 2 is 1.86 bits per heavy atom. The molecule has 1 heterocycles. The first-order valence-corrected chi connectivity index (χ1v) is 6.96. The first-order chi connectivity index (χ1) is 10.2. The number of amides is 2. The zero-order valence-electron chi connectivity index (χ0n) is 12.3. The van der Waals surface area contributed by atoms with Gasteiger partial charge in [0.05, 0.1) is 11.6 Å². The number of carbonyl (C=O) groups is 2. The van der Waals surface area contributed by atoms with Crippen LogP contribution in [0.3, 0.4) is 0 Å². The Morgan fingerprint density at radius 3 is 2.32 bits per heavy atom. The van der Waals surface area contributed by atoms with Crippen LogP contribution in [0.5, 0.6) is 0 Å². The van der Waals surface area contributed by atoms with Gasteiger partial charge in [0.25, 0.3) is 5.91 Å². The van der Waals surface area contributed by atoms with Gasteiger partial charge in [0.1, 0.15) is 0 Å². The fourth-order valence-electron chi connectivity index (χ4n) is 2.41. The van der Waals surface area contributed by atoms with Crippen LogP contribution in [0.4, 0.5) is 13.2 Å². The van der Waals surface area contributed by atoms with Crippen LogP contribution >= 0.6 is 0 Å². The number of carbonyl (C=O) groups excluding carboxylic acids is 2. The van der Waals surface area contributed by atoms with Crippen molar-refractivity contribution in [2.45, 2.75) is 38.5 Å². The Bertz CT molecular complexity index is 567. The Kier molecular flexibility index (Phi) is 4.44. The zero-order valence-corrected chi connectivity index (χ0v) is 12.3. The number of rotatable bonds is 3. The van der Waals surface area contributed by atoms with Crippen LogP contribution in [-0.2, 0) is 11.0 Å². The summed E-state index contributed by atoms with van der Waals surface area (Å²) in [5.41, 5.74) is -0.658. The molecule has 1 fully saturated rings. The molecule has 2 rings (SSSR count). The molecule has 22 heavy (non-hydrogen) atoms. The highest BCUT2D eigenvalue weighted by Crippen LogP contribution is 2.29. The van der Waals surface area contributed by atoms with E-state index in [0.29, 0.717) is 6.54 Å². The van der Waals surface area contributed by atoms with Crippen molar-refractivity contribution in [3.63, 3.8) is 0 Å². The third-order valence-electron chi connectivity index (χ3n) is 3.59. The molecule has 1 N–H and O–H groups in total. The van der Waals surface area contributed by atoms with Crippen molar-refractivity contribution in [3.05, 3.63) is 35.4 Å². The van der Waals surface area contributed by atoms with E-state index in [4.69, 9.17) is 0 Å². The monoisotopic (exact) mass is 314 g/mol. The third-order valence-corrected chi connectivity index (χ3v) is 3.59. The number of alkyl halides is 3. The highest BCUT2D eigenvalue weighted by Gasteiger charge is 2.33. The van der Waals surface area contributed by atoms with Crippen LogP contribution in [0, 0.1) is 0 Å². The molecule has 0 spiro atoms. The zero-order chi connectivity index (χ0) is 16.5. The van der Waals surface area contributed by atoms with E-state index in [1.165, 1.54) is 0 Å². The average Bonchev–Trinajstić information content (AvgIpc) is 2.79. The lowest BCUT2D eigenvalue weighted by atomic mass is 10.1. The van der Waals surface area contributed by atoms with Crippen LogP contribution < -0.4 is 5.32 Å². The second kappa shape index (κ2) is 5.98. The van der Waals surface area contributed by atoms with Gasteiger partial charge in [-0.3, -0.25) is 9.59 Å². The summed E-state index contributed by atoms with van der Waals surface area (Å²) in [5, 5.41) is 2.69. The quantitative estimate of drug-likeness (QED) is 0.931. The molecule has 1 aromatic rings. The molecular formula is C15H17F3N2O2. The molecule has 1 aliphatic rings. The van der Waals surface area contributed by atoms with E-state index in [0.717, 1.165) is 24.3 Å². The molecule has 0 aliphatic carbocycles. The van der Waals surface area contributed by atoms with Gasteiger partial charge in [-0.05, 0) is 38.1 Å². The molecule has 7 heteroatoms. The summed E-state index contributed by atoms with van der Waals surface area (Å²) in [6.45, 7) is 4.19. The van der Waals surface area contributed by atoms with Crippen LogP contribution in [0.2, 0.25) is 0 Å². The molecule has 2 amide bonds. The second-order valence-electron chi connectivity index (χ2n) is 5.59. The van der Waals surface area contributed by atoms with E-state index >= 15 is 0 Å². The van der Waals surface area contributed by atoms with Gasteiger partial charge in [-0.2, -0.15) is 13.2 Å². The molecule has 4 nitrogen and oxygen atoms in total. The standard InChI is InChI=1S/C15H17F3N2O2/c1-9(2)20-8-12(7-13(20)21)19-14(22)10-3-5-11(6-4-10)15(16,17)18/h3-6,9,12H,7-8H2,1-2H3,(H,19,22). The number of nitrogens with one attached hydrogen (secondary N) is 1. The average molecular weight is 314 g/mol. The van der Waals surface area contributed by atoms with Crippen molar-refractivity contribution in [3.8, 4) is 0 Å². The van der Waals surface area contributed by atoms with E-state index in [9.17, 15) is 22.8 Å². The van der Waals surface area contributed by atoms with Crippen molar-refractivity contribution < 1.29 is 22.8 Å². The minimum Gasteiger partial charge on any atom is -0.347 e. The van der Waals surface area contributed by atoms with E-state index in [2.05, 4.69) is 5.32 Å². The highest BCUT2D eigenvalue weighted by atomic mass is 19.4. The van der Waals surface area contributed by atoms with Crippen molar-refractivity contribution in [2.24, 2.45) is 0 Å². The lowest BCUT2D eigenvalue weighted by molar-refractivity contribution is -0.137. The van der Waals surface area contributed by atoms with Gasteiger partial charge in [0.15, 0.2) is 0 Å². The van der Waals surface area contributed by atoms with E-state index in [1.807, 2.05) is 13.8 Å². The number of likely N-dealkylation sites (tertiary alicyclic amines) is 1. The molecule has 1 atom stereocenters. The molecule has 1 saturated heterocycles. The third kappa shape index (κ3) is 3.58. The maximum Gasteiger partial charge on any atom is 0.416 e. The smallest absolute Gasteiger partial charge is 0.347 e. The van der Waals surface area contributed by atoms with Crippen LogP contribution in [0.15, 0.2) is 24.3 Å². The fourth-order valence-corrected chi connectivity index (χ4v) is 2.41. The van der Waals surface area contributed by atoms with Gasteiger partial charge in [-0.25, -0.2) is 0 Å². The number of nitrogens with zero attached hydrogens (tertiary/aromatic N) is 1. The van der Waals surface area contributed by atoms with Gasteiger partial charge >= 0.3 is 6.18 Å². The maximum atomic E-state index is 12.5. The number of hydrogen-bond acceptors (Lipinski definition) is 2. The second-order valence-corrected chi connectivity index (χ2v) is 5.59. The van der Waals surface area contributed by atoms with Gasteiger partial charge in [-0.1, -0.05) is 0 Å². The number of halogens is 3. The normalized spacial score (nSPS) is 18.9. The molecule has 1 unspecified atom stereocenters. The SMILES string of the molecule is CC(C)N1CC(NC(=O)c2ccc(C(F)(F)F)cc2)CC1=O. The summed E-state index contributed by atoms with van der Waals surface area (Å²) in [7, 11) is 0. The van der Waals surface area contributed by atoms with Gasteiger partial charge in [0.2, 0.25) is 5.91 Å². The molecule has 1 aromatic carbocycles. The van der Waals surface area contributed by atoms with Crippen LogP contribution in [0.1, 0.15) is 36.2 Å². The molecule has 0 aromatic heterocycles. The molecule has 0 radical (unpaired) electrons. The van der Waals surface area contributed by atoms with Crippen molar-refractivity contribution >= 4 is 11.8 Å². The van der Waals surface area contributed by atoms with Gasteiger partial charge in [0, 0.05) is 24.6 Å². The highest BCUT2D eigenvalue weighted by molar-refractivity contribution is 5.95. The lowest BCUT2D eigenvalue weighted by Crippen LogP contribution is -2.38. The summed E-state index contributed by atoms with van der Waals surface area (Å²) >= 11 is 0.